The summed E-state index contributed by atoms with van der Waals surface area (Å²) in [5.41, 5.74) is 1.58. The molecule has 0 amide bonds. The molecule has 0 spiro atoms. The first-order valence-corrected chi connectivity index (χ1v) is 10.9. The number of benzene rings is 2. The molecule has 9 heteroatoms. The first-order valence-electron chi connectivity index (χ1n) is 8.70. The molecule has 0 saturated carbocycles. The summed E-state index contributed by atoms with van der Waals surface area (Å²) in [5.74, 6) is 1.39. The number of nitrogens with zero attached hydrogens (tertiary/aromatic N) is 2. The van der Waals surface area contributed by atoms with E-state index in [4.69, 9.17) is 32.7 Å². The van der Waals surface area contributed by atoms with Gasteiger partial charge in [0.15, 0.2) is 0 Å². The molecule has 6 nitrogen and oxygen atoms in total. The minimum atomic E-state index is -3.70. The number of methoxy groups -OCH3 is 2. The van der Waals surface area contributed by atoms with Gasteiger partial charge >= 0.3 is 0 Å². The van der Waals surface area contributed by atoms with Gasteiger partial charge in [0, 0.05) is 37.3 Å². The number of rotatable bonds is 5. The second-order valence-corrected chi connectivity index (χ2v) is 9.18. The number of halogens is 2. The van der Waals surface area contributed by atoms with Gasteiger partial charge in [-0.15, -0.1) is 0 Å². The van der Waals surface area contributed by atoms with Crippen LogP contribution in [0.25, 0.3) is 0 Å². The molecule has 0 N–H and O–H groups in total. The van der Waals surface area contributed by atoms with E-state index in [1.165, 1.54) is 16.4 Å². The monoisotopic (exact) mass is 444 g/mol. The van der Waals surface area contributed by atoms with Crippen molar-refractivity contribution in [1.29, 1.82) is 0 Å². The Morgan fingerprint density at radius 3 is 2.21 bits per heavy atom. The first kappa shape index (κ1) is 21.0. The molecule has 28 heavy (non-hydrogen) atoms. The summed E-state index contributed by atoms with van der Waals surface area (Å²) in [7, 11) is -0.499. The zero-order valence-corrected chi connectivity index (χ0v) is 18.2. The average molecular weight is 445 g/mol. The molecule has 1 saturated heterocycles. The maximum atomic E-state index is 13.1. The van der Waals surface area contributed by atoms with Crippen molar-refractivity contribution in [3.05, 3.63) is 45.9 Å². The molecule has 3 rings (SSSR count). The van der Waals surface area contributed by atoms with Gasteiger partial charge < -0.3 is 14.4 Å². The molecular formula is C19H22Cl2N2O4S. The lowest BCUT2D eigenvalue weighted by Gasteiger charge is -2.36. The number of ether oxygens (including phenoxy) is 2. The summed E-state index contributed by atoms with van der Waals surface area (Å²) >= 11 is 12.2. The van der Waals surface area contributed by atoms with E-state index in [1.807, 2.05) is 18.2 Å². The molecule has 2 aromatic carbocycles. The van der Waals surface area contributed by atoms with Crippen molar-refractivity contribution >= 4 is 38.9 Å². The van der Waals surface area contributed by atoms with Crippen LogP contribution in [0.2, 0.25) is 10.0 Å². The van der Waals surface area contributed by atoms with Gasteiger partial charge in [-0.3, -0.25) is 0 Å². The van der Waals surface area contributed by atoms with Crippen LogP contribution in [-0.2, 0) is 10.0 Å². The summed E-state index contributed by atoms with van der Waals surface area (Å²) < 4.78 is 38.3. The highest BCUT2D eigenvalue weighted by molar-refractivity contribution is 7.89. The van der Waals surface area contributed by atoms with Crippen LogP contribution >= 0.6 is 23.2 Å². The van der Waals surface area contributed by atoms with Gasteiger partial charge in [0.2, 0.25) is 10.0 Å². The van der Waals surface area contributed by atoms with Crippen LogP contribution in [0.3, 0.4) is 0 Å². The Balaban J connectivity index is 1.79. The molecule has 1 aliphatic rings. The maximum absolute atomic E-state index is 13.1. The van der Waals surface area contributed by atoms with Gasteiger partial charge in [-0.05, 0) is 36.8 Å². The fourth-order valence-corrected chi connectivity index (χ4v) is 5.41. The van der Waals surface area contributed by atoms with Crippen molar-refractivity contribution in [2.24, 2.45) is 0 Å². The van der Waals surface area contributed by atoms with Crippen molar-refractivity contribution in [2.75, 3.05) is 45.3 Å². The SMILES string of the molecule is COc1ccc(N2CCN(S(=O)(=O)c3cc(C)c(Cl)cc3Cl)CC2)c(OC)c1. The maximum Gasteiger partial charge on any atom is 0.244 e. The predicted octanol–water partition coefficient (Wildman–Crippen LogP) is 3.83. The summed E-state index contributed by atoms with van der Waals surface area (Å²) in [6.45, 7) is 3.51. The Morgan fingerprint density at radius 1 is 0.929 bits per heavy atom. The largest absolute Gasteiger partial charge is 0.497 e. The van der Waals surface area contributed by atoms with E-state index < -0.39 is 10.0 Å². The van der Waals surface area contributed by atoms with Crippen LogP contribution in [0, 0.1) is 6.92 Å². The van der Waals surface area contributed by atoms with E-state index in [1.54, 1.807) is 21.1 Å². The predicted molar refractivity (Wildman–Crippen MR) is 112 cm³/mol. The number of aryl methyl sites for hydroxylation is 1. The van der Waals surface area contributed by atoms with E-state index in [-0.39, 0.29) is 9.92 Å². The van der Waals surface area contributed by atoms with E-state index in [9.17, 15) is 8.42 Å². The van der Waals surface area contributed by atoms with E-state index in [0.29, 0.717) is 48.3 Å². The highest BCUT2D eigenvalue weighted by Gasteiger charge is 2.31. The summed E-state index contributed by atoms with van der Waals surface area (Å²) in [6.07, 6.45) is 0. The second-order valence-electron chi connectivity index (χ2n) is 6.46. The molecule has 0 atom stereocenters. The zero-order chi connectivity index (χ0) is 20.5. The minimum absolute atomic E-state index is 0.0894. The Labute approximate surface area is 175 Å². The Morgan fingerprint density at radius 2 is 1.61 bits per heavy atom. The molecule has 152 valence electrons. The molecule has 1 heterocycles. The van der Waals surface area contributed by atoms with Crippen LogP contribution in [0.4, 0.5) is 5.69 Å². The third-order valence-corrected chi connectivity index (χ3v) is 7.57. The molecular weight excluding hydrogens is 423 g/mol. The summed E-state index contributed by atoms with van der Waals surface area (Å²) in [4.78, 5) is 2.19. The molecule has 0 unspecified atom stereocenters. The normalized spacial score (nSPS) is 15.5. The van der Waals surface area contributed by atoms with Gasteiger partial charge in [-0.1, -0.05) is 23.2 Å². The number of anilines is 1. The molecule has 1 fully saturated rings. The van der Waals surface area contributed by atoms with Crippen LogP contribution in [0.1, 0.15) is 5.56 Å². The van der Waals surface area contributed by atoms with Crippen LogP contribution < -0.4 is 14.4 Å². The highest BCUT2D eigenvalue weighted by atomic mass is 35.5. The molecule has 0 radical (unpaired) electrons. The third kappa shape index (κ3) is 4.03. The summed E-state index contributed by atoms with van der Waals surface area (Å²) in [6, 6.07) is 8.59. The second kappa shape index (κ2) is 8.37. The lowest BCUT2D eigenvalue weighted by Crippen LogP contribution is -2.48. The summed E-state index contributed by atoms with van der Waals surface area (Å²) in [5, 5.41) is 0.579. The van der Waals surface area contributed by atoms with E-state index >= 15 is 0 Å². The molecule has 0 aromatic heterocycles. The van der Waals surface area contributed by atoms with Crippen LogP contribution in [0.5, 0.6) is 11.5 Å². The van der Waals surface area contributed by atoms with Crippen molar-refractivity contribution < 1.29 is 17.9 Å². The fraction of sp³-hybridized carbons (Fsp3) is 0.368. The smallest absolute Gasteiger partial charge is 0.244 e. The van der Waals surface area contributed by atoms with Crippen molar-refractivity contribution in [2.45, 2.75) is 11.8 Å². The molecule has 1 aliphatic heterocycles. The van der Waals surface area contributed by atoms with Crippen LogP contribution in [-0.4, -0.2) is 53.1 Å². The molecule has 0 aliphatic carbocycles. The van der Waals surface area contributed by atoms with Gasteiger partial charge in [0.05, 0.1) is 24.9 Å². The van der Waals surface area contributed by atoms with Crippen molar-refractivity contribution in [3.63, 3.8) is 0 Å². The minimum Gasteiger partial charge on any atom is -0.497 e. The Bertz CT molecular complexity index is 974. The zero-order valence-electron chi connectivity index (χ0n) is 15.9. The fourth-order valence-electron chi connectivity index (χ4n) is 3.18. The van der Waals surface area contributed by atoms with Crippen molar-refractivity contribution in [3.8, 4) is 11.5 Å². The number of piperazine rings is 1. The number of hydrogen-bond donors (Lipinski definition) is 0. The average Bonchev–Trinajstić information content (AvgIpc) is 2.70. The number of sulfonamides is 1. The lowest BCUT2D eigenvalue weighted by atomic mass is 10.2. The van der Waals surface area contributed by atoms with Gasteiger partial charge in [0.1, 0.15) is 16.4 Å². The third-order valence-electron chi connectivity index (χ3n) is 4.80. The number of hydrogen-bond acceptors (Lipinski definition) is 5. The topological polar surface area (TPSA) is 59.1 Å². The van der Waals surface area contributed by atoms with Gasteiger partial charge in [-0.25, -0.2) is 8.42 Å². The van der Waals surface area contributed by atoms with Gasteiger partial charge in [0.25, 0.3) is 0 Å². The first-order chi connectivity index (χ1) is 13.3. The Hall–Kier alpha value is -1.67. The van der Waals surface area contributed by atoms with Gasteiger partial charge in [-0.2, -0.15) is 4.31 Å². The quantitative estimate of drug-likeness (QED) is 0.700. The van der Waals surface area contributed by atoms with E-state index in [0.717, 1.165) is 5.69 Å². The molecule has 0 bridgehead atoms. The Kier molecular flexibility index (Phi) is 6.29. The van der Waals surface area contributed by atoms with E-state index in [2.05, 4.69) is 4.90 Å². The molecule has 2 aromatic rings. The standard InChI is InChI=1S/C19H22Cl2N2O4S/c1-13-10-19(16(21)12-15(13)20)28(24,25)23-8-6-22(7-9-23)17-5-4-14(26-2)11-18(17)27-3/h4-5,10-12H,6-9H2,1-3H3. The van der Waals surface area contributed by atoms with Crippen LogP contribution in [0.15, 0.2) is 35.2 Å². The highest BCUT2D eigenvalue weighted by Crippen LogP contribution is 2.34. The lowest BCUT2D eigenvalue weighted by molar-refractivity contribution is 0.375. The van der Waals surface area contributed by atoms with Crippen molar-refractivity contribution in [1.82, 2.24) is 4.31 Å².